The predicted octanol–water partition coefficient (Wildman–Crippen LogP) is 3.08. The second-order valence-electron chi connectivity index (χ2n) is 7.12. The highest BCUT2D eigenvalue weighted by Crippen LogP contribution is 2.32. The Kier molecular flexibility index (Phi) is 5.70. The van der Waals surface area contributed by atoms with E-state index in [0.717, 1.165) is 16.7 Å². The van der Waals surface area contributed by atoms with Crippen LogP contribution < -0.4 is 14.4 Å². The van der Waals surface area contributed by atoms with Gasteiger partial charge in [-0.2, -0.15) is 0 Å². The molecule has 1 atom stereocenters. The first kappa shape index (κ1) is 19.9. The van der Waals surface area contributed by atoms with E-state index in [-0.39, 0.29) is 18.2 Å². The molecular weight excluding hydrogens is 356 g/mol. The van der Waals surface area contributed by atoms with Crippen LogP contribution in [-0.4, -0.2) is 44.0 Å². The number of likely N-dealkylation sites (N-methyl/N-ethyl adjacent to an activating group) is 1. The van der Waals surface area contributed by atoms with Gasteiger partial charge in [0.25, 0.3) is 5.91 Å². The van der Waals surface area contributed by atoms with Crippen molar-refractivity contribution in [2.45, 2.75) is 32.9 Å². The first-order valence-corrected chi connectivity index (χ1v) is 9.21. The van der Waals surface area contributed by atoms with Crippen LogP contribution in [0.1, 0.15) is 23.1 Å². The average Bonchev–Trinajstić information content (AvgIpc) is 2.97. The maximum absolute atomic E-state index is 13.1. The Morgan fingerprint density at radius 3 is 2.36 bits per heavy atom. The van der Waals surface area contributed by atoms with E-state index in [4.69, 9.17) is 9.47 Å². The van der Waals surface area contributed by atoms with Crippen molar-refractivity contribution in [1.29, 1.82) is 0 Å². The number of carbonyl (C=O) groups is 2. The lowest BCUT2D eigenvalue weighted by molar-refractivity contribution is -0.122. The van der Waals surface area contributed by atoms with E-state index in [1.165, 1.54) is 4.90 Å². The molecule has 1 aliphatic rings. The van der Waals surface area contributed by atoms with Gasteiger partial charge in [-0.3, -0.25) is 14.5 Å². The summed E-state index contributed by atoms with van der Waals surface area (Å²) in [5, 5.41) is 0. The van der Waals surface area contributed by atoms with Gasteiger partial charge in [-0.1, -0.05) is 24.3 Å². The van der Waals surface area contributed by atoms with Crippen molar-refractivity contribution in [2.75, 3.05) is 26.2 Å². The number of ether oxygens (including phenoxy) is 2. The molecule has 1 saturated heterocycles. The van der Waals surface area contributed by atoms with Crippen LogP contribution in [0.4, 0.5) is 5.69 Å². The SMILES string of the molecule is COc1ccc(CN(C)C2CC(=O)N(c3c(C)cccc3C)C2=O)c(OC)c1. The Morgan fingerprint density at radius 2 is 1.75 bits per heavy atom. The summed E-state index contributed by atoms with van der Waals surface area (Å²) < 4.78 is 10.7. The van der Waals surface area contributed by atoms with Crippen LogP contribution in [0, 0.1) is 13.8 Å². The second-order valence-corrected chi connectivity index (χ2v) is 7.12. The number of anilines is 1. The van der Waals surface area contributed by atoms with E-state index in [0.29, 0.717) is 23.7 Å². The van der Waals surface area contributed by atoms with Crippen molar-refractivity contribution in [3.8, 4) is 11.5 Å². The first-order chi connectivity index (χ1) is 13.4. The standard InChI is InChI=1S/C22H26N2O4/c1-14-7-6-8-15(2)21(14)24-20(25)12-18(22(24)26)23(3)13-16-9-10-17(27-4)11-19(16)28-5/h6-11,18H,12-13H2,1-5H3. The van der Waals surface area contributed by atoms with Crippen molar-refractivity contribution < 1.29 is 19.1 Å². The molecular formula is C22H26N2O4. The number of imide groups is 1. The van der Waals surface area contributed by atoms with Gasteiger partial charge < -0.3 is 9.47 Å². The van der Waals surface area contributed by atoms with Crippen LogP contribution in [0.3, 0.4) is 0 Å². The number of benzene rings is 2. The zero-order valence-electron chi connectivity index (χ0n) is 17.0. The molecule has 0 aliphatic carbocycles. The quantitative estimate of drug-likeness (QED) is 0.719. The fourth-order valence-electron chi connectivity index (χ4n) is 3.71. The van der Waals surface area contributed by atoms with Crippen LogP contribution in [-0.2, 0) is 16.1 Å². The molecule has 0 saturated carbocycles. The Hall–Kier alpha value is -2.86. The molecule has 1 unspecified atom stereocenters. The van der Waals surface area contributed by atoms with Crippen LogP contribution in [0.5, 0.6) is 11.5 Å². The number of rotatable bonds is 6. The van der Waals surface area contributed by atoms with Crippen LogP contribution in [0.15, 0.2) is 36.4 Å². The van der Waals surface area contributed by atoms with E-state index in [1.807, 2.05) is 62.2 Å². The molecule has 28 heavy (non-hydrogen) atoms. The summed E-state index contributed by atoms with van der Waals surface area (Å²) in [4.78, 5) is 29.1. The van der Waals surface area contributed by atoms with E-state index in [1.54, 1.807) is 14.2 Å². The van der Waals surface area contributed by atoms with Crippen LogP contribution in [0.2, 0.25) is 0 Å². The minimum absolute atomic E-state index is 0.166. The van der Waals surface area contributed by atoms with Gasteiger partial charge in [0.1, 0.15) is 11.5 Å². The Labute approximate surface area is 165 Å². The zero-order chi connectivity index (χ0) is 20.4. The molecule has 3 rings (SSSR count). The maximum atomic E-state index is 13.1. The third-order valence-electron chi connectivity index (χ3n) is 5.23. The van der Waals surface area contributed by atoms with Gasteiger partial charge in [0.15, 0.2) is 0 Å². The molecule has 1 aliphatic heterocycles. The second kappa shape index (κ2) is 8.02. The molecule has 1 fully saturated rings. The summed E-state index contributed by atoms with van der Waals surface area (Å²) in [6.07, 6.45) is 0.168. The van der Waals surface area contributed by atoms with E-state index in [2.05, 4.69) is 0 Å². The smallest absolute Gasteiger partial charge is 0.251 e. The number of carbonyl (C=O) groups excluding carboxylic acids is 2. The predicted molar refractivity (Wildman–Crippen MR) is 108 cm³/mol. The summed E-state index contributed by atoms with van der Waals surface area (Å²) in [7, 11) is 5.06. The van der Waals surface area contributed by atoms with Gasteiger partial charge in [-0.15, -0.1) is 0 Å². The number of nitrogens with zero attached hydrogens (tertiary/aromatic N) is 2. The molecule has 1 heterocycles. The molecule has 6 heteroatoms. The Balaban J connectivity index is 1.83. The monoisotopic (exact) mass is 382 g/mol. The third kappa shape index (κ3) is 3.60. The largest absolute Gasteiger partial charge is 0.497 e. The molecule has 0 spiro atoms. The van der Waals surface area contributed by atoms with E-state index >= 15 is 0 Å². The number of aryl methyl sites for hydroxylation is 2. The molecule has 0 radical (unpaired) electrons. The van der Waals surface area contributed by atoms with Gasteiger partial charge in [0.2, 0.25) is 5.91 Å². The highest BCUT2D eigenvalue weighted by Gasteiger charge is 2.42. The normalized spacial score (nSPS) is 16.8. The van der Waals surface area contributed by atoms with Gasteiger partial charge in [0.05, 0.1) is 32.4 Å². The van der Waals surface area contributed by atoms with Gasteiger partial charge in [-0.25, -0.2) is 4.90 Å². The van der Waals surface area contributed by atoms with Crippen molar-refractivity contribution in [1.82, 2.24) is 4.90 Å². The van der Waals surface area contributed by atoms with Crippen molar-refractivity contribution in [2.24, 2.45) is 0 Å². The van der Waals surface area contributed by atoms with Crippen LogP contribution in [0.25, 0.3) is 0 Å². The zero-order valence-corrected chi connectivity index (χ0v) is 17.0. The lowest BCUT2D eigenvalue weighted by atomic mass is 10.1. The first-order valence-electron chi connectivity index (χ1n) is 9.21. The third-order valence-corrected chi connectivity index (χ3v) is 5.23. The molecule has 2 aromatic carbocycles. The minimum Gasteiger partial charge on any atom is -0.497 e. The Morgan fingerprint density at radius 1 is 1.07 bits per heavy atom. The average molecular weight is 382 g/mol. The summed E-state index contributed by atoms with van der Waals surface area (Å²) >= 11 is 0. The molecule has 0 aromatic heterocycles. The number of para-hydroxylation sites is 1. The number of amides is 2. The van der Waals surface area contributed by atoms with Gasteiger partial charge >= 0.3 is 0 Å². The summed E-state index contributed by atoms with van der Waals surface area (Å²) in [6, 6.07) is 10.9. The fraction of sp³-hybridized carbons (Fsp3) is 0.364. The molecule has 2 aromatic rings. The lowest BCUT2D eigenvalue weighted by Crippen LogP contribution is -2.40. The molecule has 2 amide bonds. The van der Waals surface area contributed by atoms with Crippen molar-refractivity contribution in [3.05, 3.63) is 53.1 Å². The summed E-state index contributed by atoms with van der Waals surface area (Å²) in [5.41, 5.74) is 3.47. The minimum atomic E-state index is -0.502. The number of hydrogen-bond acceptors (Lipinski definition) is 5. The maximum Gasteiger partial charge on any atom is 0.251 e. The van der Waals surface area contributed by atoms with Crippen molar-refractivity contribution in [3.63, 3.8) is 0 Å². The lowest BCUT2D eigenvalue weighted by Gasteiger charge is -2.25. The van der Waals surface area contributed by atoms with Crippen molar-refractivity contribution >= 4 is 17.5 Å². The number of methoxy groups -OCH3 is 2. The van der Waals surface area contributed by atoms with E-state index in [9.17, 15) is 9.59 Å². The topological polar surface area (TPSA) is 59.1 Å². The molecule has 0 bridgehead atoms. The fourth-order valence-corrected chi connectivity index (χ4v) is 3.71. The molecule has 148 valence electrons. The molecule has 0 N–H and O–H groups in total. The molecule has 6 nitrogen and oxygen atoms in total. The summed E-state index contributed by atoms with van der Waals surface area (Å²) in [6.45, 7) is 4.32. The highest BCUT2D eigenvalue weighted by molar-refractivity contribution is 6.23. The number of hydrogen-bond donors (Lipinski definition) is 0. The van der Waals surface area contributed by atoms with Crippen LogP contribution >= 0.6 is 0 Å². The van der Waals surface area contributed by atoms with E-state index < -0.39 is 6.04 Å². The van der Waals surface area contributed by atoms with Gasteiger partial charge in [0, 0.05) is 18.2 Å². The Bertz CT molecular complexity index is 889. The summed E-state index contributed by atoms with van der Waals surface area (Å²) in [5.74, 6) is 1.05. The highest BCUT2D eigenvalue weighted by atomic mass is 16.5. The van der Waals surface area contributed by atoms with Gasteiger partial charge in [-0.05, 0) is 38.1 Å².